The Balaban J connectivity index is 2.02. The fraction of sp³-hybridized carbons (Fsp3) is 0.600. The predicted octanol–water partition coefficient (Wildman–Crippen LogP) is 2.87. The molecule has 0 saturated heterocycles. The Bertz CT molecular complexity index is 390. The van der Waals surface area contributed by atoms with E-state index >= 15 is 0 Å². The van der Waals surface area contributed by atoms with Crippen molar-refractivity contribution >= 4 is 0 Å². The molecule has 0 heterocycles. The summed E-state index contributed by atoms with van der Waals surface area (Å²) in [5.74, 6) is -0.165. The molecule has 0 atom stereocenters. The van der Waals surface area contributed by atoms with Crippen LogP contribution in [0.4, 0.5) is 4.39 Å². The van der Waals surface area contributed by atoms with Crippen LogP contribution in [0, 0.1) is 12.7 Å². The molecule has 1 aromatic rings. The van der Waals surface area contributed by atoms with Gasteiger partial charge in [-0.25, -0.2) is 4.39 Å². The topological polar surface area (TPSA) is 23.5 Å². The molecule has 0 aromatic heterocycles. The Morgan fingerprint density at radius 2 is 2.17 bits per heavy atom. The number of aliphatic hydroxyl groups excluding tert-OH is 1. The van der Waals surface area contributed by atoms with Gasteiger partial charge in [-0.3, -0.25) is 4.90 Å². The molecule has 0 bridgehead atoms. The van der Waals surface area contributed by atoms with Crippen LogP contribution in [-0.4, -0.2) is 29.2 Å². The van der Waals surface area contributed by atoms with Crippen LogP contribution in [0.3, 0.4) is 0 Å². The van der Waals surface area contributed by atoms with E-state index in [-0.39, 0.29) is 12.4 Å². The lowest BCUT2D eigenvalue weighted by molar-refractivity contribution is 0.109. The van der Waals surface area contributed by atoms with Gasteiger partial charge in [0.2, 0.25) is 0 Å². The molecule has 1 aromatic carbocycles. The van der Waals surface area contributed by atoms with E-state index in [0.29, 0.717) is 6.04 Å². The molecule has 1 aliphatic rings. The van der Waals surface area contributed by atoms with E-state index < -0.39 is 0 Å². The Morgan fingerprint density at radius 3 is 2.72 bits per heavy atom. The van der Waals surface area contributed by atoms with Crippen LogP contribution >= 0.6 is 0 Å². The summed E-state index contributed by atoms with van der Waals surface area (Å²) < 4.78 is 13.1. The molecular weight excluding hydrogens is 229 g/mol. The molecule has 18 heavy (non-hydrogen) atoms. The highest BCUT2D eigenvalue weighted by Crippen LogP contribution is 2.27. The lowest BCUT2D eigenvalue weighted by Crippen LogP contribution is -2.40. The van der Waals surface area contributed by atoms with Crippen molar-refractivity contribution in [1.82, 2.24) is 4.90 Å². The molecule has 1 saturated carbocycles. The van der Waals surface area contributed by atoms with E-state index in [4.69, 9.17) is 5.11 Å². The van der Waals surface area contributed by atoms with Crippen LogP contribution in [0.5, 0.6) is 0 Å². The van der Waals surface area contributed by atoms with Gasteiger partial charge in [-0.05, 0) is 49.4 Å². The van der Waals surface area contributed by atoms with Crippen LogP contribution in [0.25, 0.3) is 0 Å². The zero-order valence-corrected chi connectivity index (χ0v) is 11.0. The first-order valence-electron chi connectivity index (χ1n) is 6.80. The highest BCUT2D eigenvalue weighted by atomic mass is 19.1. The van der Waals surface area contributed by atoms with Gasteiger partial charge in [-0.1, -0.05) is 12.5 Å². The Hall–Kier alpha value is -0.930. The molecule has 1 N–H and O–H groups in total. The summed E-state index contributed by atoms with van der Waals surface area (Å²) >= 11 is 0. The van der Waals surface area contributed by atoms with Gasteiger partial charge in [0.25, 0.3) is 0 Å². The first kappa shape index (κ1) is 13.5. The van der Waals surface area contributed by atoms with Crippen molar-refractivity contribution in [3.63, 3.8) is 0 Å². The second-order valence-corrected chi connectivity index (χ2v) is 5.20. The average Bonchev–Trinajstić information content (AvgIpc) is 2.27. The minimum Gasteiger partial charge on any atom is -0.396 e. The number of aryl methyl sites for hydroxylation is 1. The van der Waals surface area contributed by atoms with Crippen molar-refractivity contribution in [1.29, 1.82) is 0 Å². The smallest absolute Gasteiger partial charge is 0.123 e. The number of hydrogen-bond donors (Lipinski definition) is 1. The van der Waals surface area contributed by atoms with Crippen molar-refractivity contribution in [2.45, 2.75) is 45.2 Å². The number of nitrogens with zero attached hydrogens (tertiary/aromatic N) is 1. The van der Waals surface area contributed by atoms with Gasteiger partial charge in [0, 0.05) is 25.7 Å². The SMILES string of the molecule is Cc1cc(F)ccc1CN(CCCO)C1CCC1. The molecule has 0 unspecified atom stereocenters. The second kappa shape index (κ2) is 6.30. The van der Waals surface area contributed by atoms with Crippen molar-refractivity contribution in [3.8, 4) is 0 Å². The van der Waals surface area contributed by atoms with Crippen LogP contribution in [-0.2, 0) is 6.54 Å². The third-order valence-electron chi connectivity index (χ3n) is 3.87. The molecule has 1 fully saturated rings. The van der Waals surface area contributed by atoms with Crippen molar-refractivity contribution in [2.24, 2.45) is 0 Å². The lowest BCUT2D eigenvalue weighted by atomic mass is 9.90. The van der Waals surface area contributed by atoms with Crippen molar-refractivity contribution in [2.75, 3.05) is 13.2 Å². The van der Waals surface area contributed by atoms with E-state index in [1.54, 1.807) is 6.07 Å². The highest BCUT2D eigenvalue weighted by Gasteiger charge is 2.24. The minimum absolute atomic E-state index is 0.165. The van der Waals surface area contributed by atoms with Gasteiger partial charge in [0.05, 0.1) is 0 Å². The molecular formula is C15H22FNO. The molecule has 3 heteroatoms. The molecule has 0 spiro atoms. The minimum atomic E-state index is -0.165. The standard InChI is InChI=1S/C15H22FNO/c1-12-10-14(16)7-6-13(12)11-17(8-3-9-18)15-4-2-5-15/h6-7,10,15,18H,2-5,8-9,11H2,1H3. The third-order valence-corrected chi connectivity index (χ3v) is 3.87. The molecule has 2 rings (SSSR count). The molecule has 0 amide bonds. The molecule has 0 radical (unpaired) electrons. The number of aliphatic hydroxyl groups is 1. The molecule has 2 nitrogen and oxygen atoms in total. The average molecular weight is 251 g/mol. The first-order chi connectivity index (χ1) is 8.70. The van der Waals surface area contributed by atoms with Crippen molar-refractivity contribution < 1.29 is 9.50 Å². The zero-order valence-electron chi connectivity index (χ0n) is 11.0. The fourth-order valence-electron chi connectivity index (χ4n) is 2.47. The van der Waals surface area contributed by atoms with E-state index in [1.807, 2.05) is 13.0 Å². The summed E-state index contributed by atoms with van der Waals surface area (Å²) in [6.07, 6.45) is 4.64. The Morgan fingerprint density at radius 1 is 1.39 bits per heavy atom. The predicted molar refractivity (Wildman–Crippen MR) is 70.9 cm³/mol. The summed E-state index contributed by atoms with van der Waals surface area (Å²) in [7, 11) is 0. The van der Waals surface area contributed by atoms with Crippen molar-refractivity contribution in [3.05, 3.63) is 35.1 Å². The summed E-state index contributed by atoms with van der Waals surface area (Å²) in [6.45, 7) is 4.00. The lowest BCUT2D eigenvalue weighted by Gasteiger charge is -2.38. The molecule has 0 aliphatic heterocycles. The number of hydrogen-bond acceptors (Lipinski definition) is 2. The van der Waals surface area contributed by atoms with Crippen LogP contribution in [0.15, 0.2) is 18.2 Å². The van der Waals surface area contributed by atoms with Crippen LogP contribution < -0.4 is 0 Å². The number of halogens is 1. The van der Waals surface area contributed by atoms with Gasteiger partial charge in [0.1, 0.15) is 5.82 Å². The first-order valence-corrected chi connectivity index (χ1v) is 6.80. The quantitative estimate of drug-likeness (QED) is 0.840. The van der Waals surface area contributed by atoms with Gasteiger partial charge in [0.15, 0.2) is 0 Å². The Labute approximate surface area is 108 Å². The zero-order chi connectivity index (χ0) is 13.0. The summed E-state index contributed by atoms with van der Waals surface area (Å²) in [5, 5.41) is 8.97. The number of benzene rings is 1. The van der Waals surface area contributed by atoms with E-state index in [1.165, 1.54) is 30.9 Å². The van der Waals surface area contributed by atoms with Gasteiger partial charge < -0.3 is 5.11 Å². The molecule has 100 valence electrons. The van der Waals surface area contributed by atoms with E-state index in [2.05, 4.69) is 4.90 Å². The van der Waals surface area contributed by atoms with Gasteiger partial charge >= 0.3 is 0 Å². The number of rotatable bonds is 6. The van der Waals surface area contributed by atoms with Gasteiger partial charge in [-0.15, -0.1) is 0 Å². The van der Waals surface area contributed by atoms with Crippen LogP contribution in [0.2, 0.25) is 0 Å². The Kier molecular flexibility index (Phi) is 4.72. The maximum atomic E-state index is 13.1. The summed E-state index contributed by atoms with van der Waals surface area (Å²) in [6, 6.07) is 5.67. The van der Waals surface area contributed by atoms with E-state index in [0.717, 1.165) is 25.1 Å². The third kappa shape index (κ3) is 3.30. The summed E-state index contributed by atoms with van der Waals surface area (Å²) in [4.78, 5) is 2.43. The monoisotopic (exact) mass is 251 g/mol. The fourth-order valence-corrected chi connectivity index (χ4v) is 2.47. The molecule has 1 aliphatic carbocycles. The largest absolute Gasteiger partial charge is 0.396 e. The maximum Gasteiger partial charge on any atom is 0.123 e. The van der Waals surface area contributed by atoms with E-state index in [9.17, 15) is 4.39 Å². The maximum absolute atomic E-state index is 13.1. The van der Waals surface area contributed by atoms with Gasteiger partial charge in [-0.2, -0.15) is 0 Å². The highest BCUT2D eigenvalue weighted by molar-refractivity contribution is 5.26. The summed E-state index contributed by atoms with van der Waals surface area (Å²) in [5.41, 5.74) is 2.21. The normalized spacial score (nSPS) is 16.0. The second-order valence-electron chi connectivity index (χ2n) is 5.20. The van der Waals surface area contributed by atoms with Crippen LogP contribution in [0.1, 0.15) is 36.8 Å².